The van der Waals surface area contributed by atoms with E-state index in [4.69, 9.17) is 0 Å². The van der Waals surface area contributed by atoms with Crippen molar-refractivity contribution in [1.82, 2.24) is 5.32 Å². The number of hydrogen-bond acceptors (Lipinski definition) is 2. The first-order valence-corrected chi connectivity index (χ1v) is 3.20. The van der Waals surface area contributed by atoms with E-state index in [2.05, 4.69) is 5.32 Å². The van der Waals surface area contributed by atoms with Crippen molar-refractivity contribution in [2.24, 2.45) is 5.41 Å². The van der Waals surface area contributed by atoms with Crippen molar-refractivity contribution in [1.29, 1.82) is 0 Å². The third-order valence-electron chi connectivity index (χ3n) is 1.03. The fourth-order valence-corrected chi connectivity index (χ4v) is 0.400. The molecule has 0 saturated carbocycles. The molecule has 10 heavy (non-hydrogen) atoms. The lowest BCUT2D eigenvalue weighted by atomic mass is 9.96. The third kappa shape index (κ3) is 3.22. The maximum absolute atomic E-state index is 11.0. The van der Waals surface area contributed by atoms with Gasteiger partial charge in [0.2, 0.25) is 5.91 Å². The molecule has 0 bridgehead atoms. The number of nitrogens with one attached hydrogen (secondary N) is 1. The van der Waals surface area contributed by atoms with Crippen molar-refractivity contribution in [2.75, 3.05) is 6.54 Å². The van der Waals surface area contributed by atoms with E-state index in [1.165, 1.54) is 0 Å². The van der Waals surface area contributed by atoms with E-state index in [1.807, 2.05) is 0 Å². The zero-order valence-electron chi connectivity index (χ0n) is 6.60. The van der Waals surface area contributed by atoms with Crippen LogP contribution in [0.15, 0.2) is 0 Å². The summed E-state index contributed by atoms with van der Waals surface area (Å²) >= 11 is 0. The molecule has 0 spiro atoms. The minimum Gasteiger partial charge on any atom is -0.349 e. The Morgan fingerprint density at radius 3 is 2.30 bits per heavy atom. The lowest BCUT2D eigenvalue weighted by molar-refractivity contribution is -0.129. The van der Waals surface area contributed by atoms with Crippen LogP contribution in [0.5, 0.6) is 0 Å². The first-order chi connectivity index (χ1) is 4.48. The largest absolute Gasteiger partial charge is 0.349 e. The van der Waals surface area contributed by atoms with Crippen LogP contribution >= 0.6 is 0 Å². The van der Waals surface area contributed by atoms with Crippen LogP contribution in [0.4, 0.5) is 0 Å². The van der Waals surface area contributed by atoms with Crippen molar-refractivity contribution in [3.63, 3.8) is 0 Å². The smallest absolute Gasteiger partial charge is 0.225 e. The van der Waals surface area contributed by atoms with Gasteiger partial charge in [0.15, 0.2) is 0 Å². The first-order valence-electron chi connectivity index (χ1n) is 3.20. The quantitative estimate of drug-likeness (QED) is 0.567. The van der Waals surface area contributed by atoms with Gasteiger partial charge < -0.3 is 10.1 Å². The van der Waals surface area contributed by atoms with Crippen LogP contribution in [-0.4, -0.2) is 18.7 Å². The maximum atomic E-state index is 11.0. The van der Waals surface area contributed by atoms with Crippen LogP contribution < -0.4 is 5.32 Å². The lowest BCUT2D eigenvalue weighted by Crippen LogP contribution is -2.35. The second-order valence-electron chi connectivity index (χ2n) is 3.13. The van der Waals surface area contributed by atoms with Crippen LogP contribution in [0.3, 0.4) is 0 Å². The molecule has 0 atom stereocenters. The summed E-state index contributed by atoms with van der Waals surface area (Å²) in [5.74, 6) is -0.0976. The summed E-state index contributed by atoms with van der Waals surface area (Å²) < 4.78 is 0. The van der Waals surface area contributed by atoms with Gasteiger partial charge in [-0.2, -0.15) is 0 Å². The van der Waals surface area contributed by atoms with Gasteiger partial charge in [0.05, 0.1) is 6.54 Å². The molecular formula is C7H13NO2. The van der Waals surface area contributed by atoms with E-state index in [0.717, 1.165) is 0 Å². The average molecular weight is 143 g/mol. The van der Waals surface area contributed by atoms with Gasteiger partial charge in [0.1, 0.15) is 6.29 Å². The second-order valence-corrected chi connectivity index (χ2v) is 3.13. The van der Waals surface area contributed by atoms with E-state index in [1.54, 1.807) is 20.8 Å². The molecular weight excluding hydrogens is 130 g/mol. The van der Waals surface area contributed by atoms with Crippen molar-refractivity contribution >= 4 is 12.2 Å². The second kappa shape index (κ2) is 3.34. The van der Waals surface area contributed by atoms with Crippen molar-refractivity contribution in [3.05, 3.63) is 0 Å². The summed E-state index contributed by atoms with van der Waals surface area (Å²) in [6, 6.07) is 0. The third-order valence-corrected chi connectivity index (χ3v) is 1.03. The predicted octanol–water partition coefficient (Wildman–Crippen LogP) is 0.348. The Morgan fingerprint density at radius 2 is 2.00 bits per heavy atom. The Bertz CT molecular complexity index is 135. The van der Waals surface area contributed by atoms with Crippen molar-refractivity contribution in [2.45, 2.75) is 20.8 Å². The van der Waals surface area contributed by atoms with Crippen molar-refractivity contribution in [3.8, 4) is 0 Å². The fraction of sp³-hybridized carbons (Fsp3) is 0.714. The van der Waals surface area contributed by atoms with Gasteiger partial charge in [-0.25, -0.2) is 0 Å². The molecule has 0 aromatic rings. The van der Waals surface area contributed by atoms with E-state index >= 15 is 0 Å². The normalized spacial score (nSPS) is 10.7. The highest BCUT2D eigenvalue weighted by atomic mass is 16.2. The number of carbonyl (C=O) groups is 2. The molecule has 0 aliphatic carbocycles. The molecule has 0 aliphatic heterocycles. The number of amides is 1. The number of aldehydes is 1. The van der Waals surface area contributed by atoms with E-state index < -0.39 is 5.41 Å². The minimum atomic E-state index is -0.400. The maximum Gasteiger partial charge on any atom is 0.225 e. The Hall–Kier alpha value is -0.860. The number of rotatable bonds is 2. The summed E-state index contributed by atoms with van der Waals surface area (Å²) in [4.78, 5) is 20.8. The Balaban J connectivity index is 3.74. The predicted molar refractivity (Wildman–Crippen MR) is 38.5 cm³/mol. The SMILES string of the molecule is CC(C)(C)C(=O)NCC=O. The molecule has 0 rings (SSSR count). The monoisotopic (exact) mass is 143 g/mol. The zero-order chi connectivity index (χ0) is 8.20. The molecule has 1 N–H and O–H groups in total. The van der Waals surface area contributed by atoms with E-state index in [0.29, 0.717) is 6.29 Å². The first kappa shape index (κ1) is 9.14. The van der Waals surface area contributed by atoms with Crippen LogP contribution in [0.1, 0.15) is 20.8 Å². The highest BCUT2D eigenvalue weighted by Crippen LogP contribution is 2.11. The van der Waals surface area contributed by atoms with Crippen LogP contribution in [0.2, 0.25) is 0 Å². The van der Waals surface area contributed by atoms with Gasteiger partial charge in [-0.1, -0.05) is 20.8 Å². The zero-order valence-corrected chi connectivity index (χ0v) is 6.60. The van der Waals surface area contributed by atoms with Gasteiger partial charge >= 0.3 is 0 Å². The highest BCUT2D eigenvalue weighted by molar-refractivity contribution is 5.82. The molecule has 0 aliphatic rings. The molecule has 0 aromatic carbocycles. The summed E-state index contributed by atoms with van der Waals surface area (Å²) in [5, 5.41) is 2.47. The molecule has 0 heterocycles. The summed E-state index contributed by atoms with van der Waals surface area (Å²) in [7, 11) is 0. The molecule has 1 amide bonds. The number of carbonyl (C=O) groups excluding carboxylic acids is 2. The Labute approximate surface area is 60.8 Å². The average Bonchev–Trinajstić information content (AvgIpc) is 1.80. The minimum absolute atomic E-state index is 0.0976. The van der Waals surface area contributed by atoms with Gasteiger partial charge in [0.25, 0.3) is 0 Å². The molecule has 0 aromatic heterocycles. The van der Waals surface area contributed by atoms with Gasteiger partial charge in [-0.3, -0.25) is 4.79 Å². The van der Waals surface area contributed by atoms with Gasteiger partial charge in [-0.05, 0) is 0 Å². The topological polar surface area (TPSA) is 46.2 Å². The van der Waals surface area contributed by atoms with E-state index in [-0.39, 0.29) is 12.5 Å². The van der Waals surface area contributed by atoms with Gasteiger partial charge in [-0.15, -0.1) is 0 Å². The molecule has 0 radical (unpaired) electrons. The van der Waals surface area contributed by atoms with E-state index in [9.17, 15) is 9.59 Å². The number of hydrogen-bond donors (Lipinski definition) is 1. The van der Waals surface area contributed by atoms with Gasteiger partial charge in [0, 0.05) is 5.41 Å². The summed E-state index contributed by atoms with van der Waals surface area (Å²) in [6.07, 6.45) is 0.670. The van der Waals surface area contributed by atoms with Crippen molar-refractivity contribution < 1.29 is 9.59 Å². The van der Waals surface area contributed by atoms with Crippen LogP contribution in [0, 0.1) is 5.41 Å². The highest BCUT2D eigenvalue weighted by Gasteiger charge is 2.19. The molecule has 0 unspecified atom stereocenters. The standard InChI is InChI=1S/C7H13NO2/c1-7(2,3)6(10)8-4-5-9/h5H,4H2,1-3H3,(H,8,10). The van der Waals surface area contributed by atoms with Crippen LogP contribution in [0.25, 0.3) is 0 Å². The molecule has 0 fully saturated rings. The molecule has 3 heteroatoms. The molecule has 3 nitrogen and oxygen atoms in total. The Kier molecular flexibility index (Phi) is 3.06. The summed E-state index contributed by atoms with van der Waals surface area (Å²) in [6.45, 7) is 5.50. The molecule has 0 saturated heterocycles. The fourth-order valence-electron chi connectivity index (χ4n) is 0.400. The van der Waals surface area contributed by atoms with Crippen LogP contribution in [-0.2, 0) is 9.59 Å². The molecule has 58 valence electrons. The Morgan fingerprint density at radius 1 is 1.50 bits per heavy atom. The summed E-state index contributed by atoms with van der Waals surface area (Å²) in [5.41, 5.74) is -0.400. The lowest BCUT2D eigenvalue weighted by Gasteiger charge is -2.15.